The van der Waals surface area contributed by atoms with E-state index in [0.29, 0.717) is 5.69 Å². The zero-order chi connectivity index (χ0) is 12.1. The molecule has 2 aromatic carbocycles. The molecule has 0 atom stereocenters. The van der Waals surface area contributed by atoms with Gasteiger partial charge in [-0.3, -0.25) is 10.7 Å². The molecule has 0 radical (unpaired) electrons. The van der Waals surface area contributed by atoms with Crippen molar-refractivity contribution in [3.63, 3.8) is 0 Å². The van der Waals surface area contributed by atoms with Gasteiger partial charge in [0.1, 0.15) is 6.21 Å². The molecule has 0 amide bonds. The summed E-state index contributed by atoms with van der Waals surface area (Å²) in [7, 11) is 0. The molecule has 0 unspecified atom stereocenters. The number of hydrogen-bond donors (Lipinski definition) is 3. The molecule has 0 bridgehead atoms. The van der Waals surface area contributed by atoms with Gasteiger partial charge in [0.25, 0.3) is 0 Å². The summed E-state index contributed by atoms with van der Waals surface area (Å²) in [4.78, 5) is 4.14. The number of hydroxylamine groups is 1. The lowest BCUT2D eigenvalue weighted by molar-refractivity contribution is 0.236. The first-order valence-electron chi connectivity index (χ1n) is 4.99. The predicted molar refractivity (Wildman–Crippen MR) is 66.2 cm³/mol. The number of rotatable bonds is 2. The molecule has 0 heterocycles. The summed E-state index contributed by atoms with van der Waals surface area (Å²) in [6.07, 6.45) is 1.02. The molecule has 0 fully saturated rings. The van der Waals surface area contributed by atoms with Crippen molar-refractivity contribution in [1.29, 1.82) is 0 Å². The van der Waals surface area contributed by atoms with Gasteiger partial charge in [0, 0.05) is 5.39 Å². The van der Waals surface area contributed by atoms with Crippen molar-refractivity contribution in [3.05, 3.63) is 42.5 Å². The molecule has 0 saturated heterocycles. The van der Waals surface area contributed by atoms with Crippen LogP contribution in [0.2, 0.25) is 0 Å². The Kier molecular flexibility index (Phi) is 3.32. The highest BCUT2D eigenvalue weighted by atomic mass is 16.5. The maximum absolute atomic E-state index is 8.81. The Morgan fingerprint density at radius 3 is 2.65 bits per heavy atom. The average molecular weight is 229 g/mol. The second kappa shape index (κ2) is 5.09. The monoisotopic (exact) mass is 229 g/mol. The van der Waals surface area contributed by atoms with Crippen LogP contribution >= 0.6 is 0 Å². The van der Waals surface area contributed by atoms with E-state index in [4.69, 9.17) is 10.4 Å². The van der Waals surface area contributed by atoms with E-state index in [0.717, 1.165) is 17.0 Å². The smallest absolute Gasteiger partial charge is 0.172 e. The van der Waals surface area contributed by atoms with Crippen LogP contribution in [0.5, 0.6) is 0 Å². The number of aliphatic imine (C=N–C) groups is 1. The second-order valence-corrected chi connectivity index (χ2v) is 3.35. The van der Waals surface area contributed by atoms with Crippen LogP contribution in [0.15, 0.2) is 52.6 Å². The van der Waals surface area contributed by atoms with Gasteiger partial charge in [0.2, 0.25) is 0 Å². The van der Waals surface area contributed by atoms with Crippen molar-refractivity contribution in [2.45, 2.75) is 0 Å². The van der Waals surface area contributed by atoms with E-state index < -0.39 is 0 Å². The average Bonchev–Trinajstić information content (AvgIpc) is 2.38. The molecule has 0 aliphatic carbocycles. The van der Waals surface area contributed by atoms with Crippen LogP contribution in [-0.4, -0.2) is 22.5 Å². The van der Waals surface area contributed by atoms with E-state index in [1.807, 2.05) is 47.9 Å². The number of oxime groups is 1. The Hall–Kier alpha value is -2.40. The molecule has 0 aliphatic rings. The largest absolute Gasteiger partial charge is 0.411 e. The van der Waals surface area contributed by atoms with E-state index in [1.54, 1.807) is 0 Å². The van der Waals surface area contributed by atoms with Gasteiger partial charge in [-0.15, -0.1) is 0 Å². The molecule has 0 aromatic heterocycles. The molecule has 86 valence electrons. The zero-order valence-electron chi connectivity index (χ0n) is 8.91. The van der Waals surface area contributed by atoms with Crippen molar-refractivity contribution in [2.75, 3.05) is 0 Å². The fourth-order valence-electron chi connectivity index (χ4n) is 1.57. The first kappa shape index (κ1) is 11.1. The van der Waals surface area contributed by atoms with Crippen molar-refractivity contribution in [1.82, 2.24) is 5.48 Å². The van der Waals surface area contributed by atoms with Crippen LogP contribution in [0.1, 0.15) is 0 Å². The molecule has 2 aromatic rings. The number of nitrogens with one attached hydrogen (secondary N) is 1. The number of fused-ring (bicyclic) bond motifs is 1. The van der Waals surface area contributed by atoms with Crippen molar-refractivity contribution < 1.29 is 10.4 Å². The standard InChI is InChI=1S/C12H11N3O2/c16-13-8-12(15-17)14-11-7-3-5-9-4-1-2-6-10(9)11/h1-8,16-17H,(H,14,15). The summed E-state index contributed by atoms with van der Waals surface area (Å²) in [6.45, 7) is 0. The molecule has 0 spiro atoms. The first-order chi connectivity index (χ1) is 8.35. The third-order valence-corrected chi connectivity index (χ3v) is 2.30. The number of hydrogen-bond acceptors (Lipinski definition) is 4. The molecular weight excluding hydrogens is 218 g/mol. The van der Waals surface area contributed by atoms with Crippen LogP contribution in [0, 0.1) is 0 Å². The molecule has 3 N–H and O–H groups in total. The quantitative estimate of drug-likeness (QED) is 0.320. The van der Waals surface area contributed by atoms with Crippen molar-refractivity contribution in [2.24, 2.45) is 10.1 Å². The van der Waals surface area contributed by atoms with Crippen LogP contribution in [0.4, 0.5) is 5.69 Å². The minimum absolute atomic E-state index is 0.0591. The van der Waals surface area contributed by atoms with Crippen LogP contribution in [0.25, 0.3) is 10.8 Å². The van der Waals surface area contributed by atoms with E-state index >= 15 is 0 Å². The summed E-state index contributed by atoms with van der Waals surface area (Å²) in [5.74, 6) is 0.0591. The van der Waals surface area contributed by atoms with E-state index in [9.17, 15) is 0 Å². The molecule has 0 saturated carbocycles. The minimum atomic E-state index is 0.0591. The first-order valence-corrected chi connectivity index (χ1v) is 4.99. The Morgan fingerprint density at radius 1 is 1.12 bits per heavy atom. The summed E-state index contributed by atoms with van der Waals surface area (Å²) >= 11 is 0. The lowest BCUT2D eigenvalue weighted by atomic mass is 10.1. The third kappa shape index (κ3) is 2.40. The highest BCUT2D eigenvalue weighted by Gasteiger charge is 2.00. The molecule has 5 nitrogen and oxygen atoms in total. The van der Waals surface area contributed by atoms with E-state index in [1.165, 1.54) is 0 Å². The zero-order valence-corrected chi connectivity index (χ0v) is 8.91. The highest BCUT2D eigenvalue weighted by molar-refractivity contribution is 6.29. The Labute approximate surface area is 97.7 Å². The lowest BCUT2D eigenvalue weighted by Crippen LogP contribution is -2.19. The van der Waals surface area contributed by atoms with Crippen molar-refractivity contribution >= 4 is 28.5 Å². The molecule has 0 aliphatic heterocycles. The molecular formula is C12H11N3O2. The van der Waals surface area contributed by atoms with E-state index in [-0.39, 0.29) is 5.84 Å². The third-order valence-electron chi connectivity index (χ3n) is 2.30. The van der Waals surface area contributed by atoms with Gasteiger partial charge in [-0.1, -0.05) is 41.6 Å². The lowest BCUT2D eigenvalue weighted by Gasteiger charge is -2.02. The summed E-state index contributed by atoms with van der Waals surface area (Å²) in [5.41, 5.74) is 2.54. The number of benzene rings is 2. The Bertz CT molecular complexity index is 573. The van der Waals surface area contributed by atoms with Crippen LogP contribution < -0.4 is 5.48 Å². The van der Waals surface area contributed by atoms with Gasteiger partial charge >= 0.3 is 0 Å². The van der Waals surface area contributed by atoms with Crippen LogP contribution in [-0.2, 0) is 0 Å². The maximum Gasteiger partial charge on any atom is 0.172 e. The number of nitrogens with zero attached hydrogens (tertiary/aromatic N) is 2. The normalized spacial score (nSPS) is 12.2. The SMILES string of the molecule is ON=CC(=Nc1cccc2ccccc12)NO. The minimum Gasteiger partial charge on any atom is -0.411 e. The van der Waals surface area contributed by atoms with Gasteiger partial charge in [-0.2, -0.15) is 0 Å². The molecule has 2 rings (SSSR count). The van der Waals surface area contributed by atoms with Gasteiger partial charge < -0.3 is 5.21 Å². The maximum atomic E-state index is 8.81. The van der Waals surface area contributed by atoms with Gasteiger partial charge in [-0.05, 0) is 11.5 Å². The molecule has 17 heavy (non-hydrogen) atoms. The van der Waals surface area contributed by atoms with Gasteiger partial charge in [0.05, 0.1) is 5.69 Å². The van der Waals surface area contributed by atoms with E-state index in [2.05, 4.69) is 10.1 Å². The second-order valence-electron chi connectivity index (χ2n) is 3.35. The van der Waals surface area contributed by atoms with Crippen molar-refractivity contribution in [3.8, 4) is 0 Å². The summed E-state index contributed by atoms with van der Waals surface area (Å²) < 4.78 is 0. The fraction of sp³-hybridized carbons (Fsp3) is 0. The fourth-order valence-corrected chi connectivity index (χ4v) is 1.57. The molecule has 5 heteroatoms. The number of amidine groups is 1. The van der Waals surface area contributed by atoms with Gasteiger partial charge in [-0.25, -0.2) is 4.99 Å². The highest BCUT2D eigenvalue weighted by Crippen LogP contribution is 2.25. The summed E-state index contributed by atoms with van der Waals surface area (Å²) in [6, 6.07) is 13.4. The topological polar surface area (TPSA) is 77.2 Å². The Morgan fingerprint density at radius 2 is 1.88 bits per heavy atom. The summed E-state index contributed by atoms with van der Waals surface area (Å²) in [5, 5.41) is 22.0. The Balaban J connectivity index is 2.55. The van der Waals surface area contributed by atoms with Gasteiger partial charge in [0.15, 0.2) is 5.84 Å². The van der Waals surface area contributed by atoms with Crippen LogP contribution in [0.3, 0.4) is 0 Å². The predicted octanol–water partition coefficient (Wildman–Crippen LogP) is 2.31.